The van der Waals surface area contributed by atoms with Crippen molar-refractivity contribution in [2.75, 3.05) is 6.54 Å². The van der Waals surface area contributed by atoms with Crippen LogP contribution in [0.3, 0.4) is 0 Å². The quantitative estimate of drug-likeness (QED) is 0.464. The van der Waals surface area contributed by atoms with Gasteiger partial charge in [-0.1, -0.05) is 30.3 Å². The molecular weight excluding hydrogens is 220 g/mol. The lowest BCUT2D eigenvalue weighted by molar-refractivity contribution is -0.117. The maximum Gasteiger partial charge on any atom is 0.277 e. The SMILES string of the molecule is C/C(O)=C(\N=O)C(=O)NCCc1ccccc1. The lowest BCUT2D eigenvalue weighted by atomic mass is 10.1. The summed E-state index contributed by atoms with van der Waals surface area (Å²) in [5.74, 6) is -1.03. The minimum Gasteiger partial charge on any atom is -0.510 e. The highest BCUT2D eigenvalue weighted by Crippen LogP contribution is 2.03. The zero-order valence-electron chi connectivity index (χ0n) is 9.51. The summed E-state index contributed by atoms with van der Waals surface area (Å²) in [4.78, 5) is 21.7. The van der Waals surface area contributed by atoms with E-state index < -0.39 is 11.6 Å². The van der Waals surface area contributed by atoms with Crippen molar-refractivity contribution in [3.05, 3.63) is 52.3 Å². The Morgan fingerprint density at radius 2 is 2.00 bits per heavy atom. The van der Waals surface area contributed by atoms with Crippen molar-refractivity contribution < 1.29 is 9.90 Å². The first kappa shape index (κ1) is 12.9. The number of nitroso groups, excluding NO2 is 1. The molecule has 1 amide bonds. The molecule has 0 atom stereocenters. The summed E-state index contributed by atoms with van der Waals surface area (Å²) in [5, 5.41) is 14.0. The van der Waals surface area contributed by atoms with Crippen LogP contribution >= 0.6 is 0 Å². The number of carbonyl (C=O) groups excluding carboxylic acids is 1. The van der Waals surface area contributed by atoms with E-state index in [-0.39, 0.29) is 5.76 Å². The number of carbonyl (C=O) groups is 1. The second kappa shape index (κ2) is 6.42. The average molecular weight is 234 g/mol. The molecule has 0 fully saturated rings. The Morgan fingerprint density at radius 3 is 2.53 bits per heavy atom. The fraction of sp³-hybridized carbons (Fsp3) is 0.250. The van der Waals surface area contributed by atoms with E-state index >= 15 is 0 Å². The van der Waals surface area contributed by atoms with Gasteiger partial charge in [-0.2, -0.15) is 0 Å². The van der Waals surface area contributed by atoms with Gasteiger partial charge in [-0.25, -0.2) is 0 Å². The van der Waals surface area contributed by atoms with Gasteiger partial charge in [0.1, 0.15) is 5.76 Å². The largest absolute Gasteiger partial charge is 0.510 e. The van der Waals surface area contributed by atoms with Crippen molar-refractivity contribution >= 4 is 5.91 Å². The number of benzene rings is 1. The van der Waals surface area contributed by atoms with Crippen molar-refractivity contribution in [3.63, 3.8) is 0 Å². The third-order valence-electron chi connectivity index (χ3n) is 2.19. The zero-order valence-corrected chi connectivity index (χ0v) is 9.51. The van der Waals surface area contributed by atoms with Gasteiger partial charge in [0.25, 0.3) is 5.91 Å². The van der Waals surface area contributed by atoms with Crippen molar-refractivity contribution in [2.24, 2.45) is 5.18 Å². The fourth-order valence-electron chi connectivity index (χ4n) is 1.32. The van der Waals surface area contributed by atoms with Crippen molar-refractivity contribution in [3.8, 4) is 0 Å². The van der Waals surface area contributed by atoms with Crippen LogP contribution in [0.4, 0.5) is 0 Å². The predicted octanol–water partition coefficient (Wildman–Crippen LogP) is 1.90. The van der Waals surface area contributed by atoms with Crippen molar-refractivity contribution in [2.45, 2.75) is 13.3 Å². The molecule has 0 spiro atoms. The molecule has 0 aliphatic rings. The smallest absolute Gasteiger partial charge is 0.277 e. The molecule has 90 valence electrons. The molecule has 5 heteroatoms. The van der Waals surface area contributed by atoms with Crippen LogP contribution in [0, 0.1) is 4.91 Å². The number of hydrogen-bond acceptors (Lipinski definition) is 4. The normalized spacial score (nSPS) is 11.6. The van der Waals surface area contributed by atoms with E-state index in [0.29, 0.717) is 13.0 Å². The van der Waals surface area contributed by atoms with E-state index in [0.717, 1.165) is 5.56 Å². The molecule has 0 aliphatic carbocycles. The molecule has 17 heavy (non-hydrogen) atoms. The van der Waals surface area contributed by atoms with Gasteiger partial charge >= 0.3 is 0 Å². The van der Waals surface area contributed by atoms with Crippen LogP contribution in [-0.2, 0) is 11.2 Å². The number of nitrogens with zero attached hydrogens (tertiary/aromatic N) is 1. The van der Waals surface area contributed by atoms with E-state index in [1.807, 2.05) is 30.3 Å². The maximum absolute atomic E-state index is 11.4. The minimum absolute atomic E-state index is 0.378. The Morgan fingerprint density at radius 1 is 1.35 bits per heavy atom. The summed E-state index contributed by atoms with van der Waals surface area (Å²) < 4.78 is 0. The van der Waals surface area contributed by atoms with Crippen LogP contribution in [-0.4, -0.2) is 17.6 Å². The molecule has 1 rings (SSSR count). The van der Waals surface area contributed by atoms with E-state index in [2.05, 4.69) is 10.5 Å². The van der Waals surface area contributed by atoms with Crippen LogP contribution in [0.15, 0.2) is 47.0 Å². The van der Waals surface area contributed by atoms with Gasteiger partial charge in [0.15, 0.2) is 0 Å². The highest BCUT2D eigenvalue weighted by atomic mass is 16.3. The predicted molar refractivity (Wildman–Crippen MR) is 64.3 cm³/mol. The van der Waals surface area contributed by atoms with Gasteiger partial charge in [0, 0.05) is 6.54 Å². The summed E-state index contributed by atoms with van der Waals surface area (Å²) in [5.41, 5.74) is 0.608. The molecule has 0 aromatic heterocycles. The zero-order chi connectivity index (χ0) is 12.7. The number of allylic oxidation sites excluding steroid dienone is 1. The second-order valence-corrected chi connectivity index (χ2v) is 3.52. The highest BCUT2D eigenvalue weighted by Gasteiger charge is 2.12. The summed E-state index contributed by atoms with van der Waals surface area (Å²) >= 11 is 0. The molecule has 1 aromatic carbocycles. The molecule has 5 nitrogen and oxygen atoms in total. The number of aliphatic hydroxyl groups excluding tert-OH is 1. The van der Waals surface area contributed by atoms with Crippen LogP contribution < -0.4 is 5.32 Å². The fourth-order valence-corrected chi connectivity index (χ4v) is 1.32. The molecule has 1 aromatic rings. The molecule has 0 unspecified atom stereocenters. The maximum atomic E-state index is 11.4. The molecule has 2 N–H and O–H groups in total. The molecule has 0 heterocycles. The number of nitrogens with one attached hydrogen (secondary N) is 1. The second-order valence-electron chi connectivity index (χ2n) is 3.52. The van der Waals surface area contributed by atoms with Gasteiger partial charge in [0.05, 0.1) is 0 Å². The van der Waals surface area contributed by atoms with Gasteiger partial charge in [-0.05, 0) is 24.1 Å². The Balaban J connectivity index is 2.45. The van der Waals surface area contributed by atoms with Crippen LogP contribution in [0.5, 0.6) is 0 Å². The van der Waals surface area contributed by atoms with E-state index in [4.69, 9.17) is 5.11 Å². The van der Waals surface area contributed by atoms with Crippen LogP contribution in [0.1, 0.15) is 12.5 Å². The van der Waals surface area contributed by atoms with Crippen molar-refractivity contribution in [1.29, 1.82) is 0 Å². The van der Waals surface area contributed by atoms with E-state index in [1.54, 1.807) is 0 Å². The van der Waals surface area contributed by atoms with Gasteiger partial charge < -0.3 is 10.4 Å². The molecule has 0 bridgehead atoms. The standard InChI is InChI=1S/C12H14N2O3/c1-9(15)11(14-17)12(16)13-8-7-10-5-3-2-4-6-10/h2-6,15H,7-8H2,1H3,(H,13,16)/b11-9+. The highest BCUT2D eigenvalue weighted by molar-refractivity contribution is 5.93. The Kier molecular flexibility index (Phi) is 4.87. The lowest BCUT2D eigenvalue weighted by Gasteiger charge is -2.04. The third kappa shape index (κ3) is 4.06. The first-order valence-electron chi connectivity index (χ1n) is 5.20. The van der Waals surface area contributed by atoms with Crippen LogP contribution in [0.2, 0.25) is 0 Å². The summed E-state index contributed by atoms with van der Waals surface area (Å²) in [7, 11) is 0. The van der Waals surface area contributed by atoms with Crippen LogP contribution in [0.25, 0.3) is 0 Å². The summed E-state index contributed by atoms with van der Waals surface area (Å²) in [6, 6.07) is 9.62. The first-order chi connectivity index (χ1) is 8.15. The summed E-state index contributed by atoms with van der Waals surface area (Å²) in [6.45, 7) is 1.63. The Labute approximate surface area is 99.1 Å². The monoisotopic (exact) mass is 234 g/mol. The Hall–Kier alpha value is -2.17. The van der Waals surface area contributed by atoms with Gasteiger partial charge in [-0.15, -0.1) is 4.91 Å². The van der Waals surface area contributed by atoms with Gasteiger partial charge in [-0.3, -0.25) is 4.79 Å². The van der Waals surface area contributed by atoms with Gasteiger partial charge in [0.2, 0.25) is 5.70 Å². The van der Waals surface area contributed by atoms with E-state index in [9.17, 15) is 9.70 Å². The average Bonchev–Trinajstić information content (AvgIpc) is 2.30. The van der Waals surface area contributed by atoms with Crippen molar-refractivity contribution in [1.82, 2.24) is 5.32 Å². The number of hydrogen-bond donors (Lipinski definition) is 2. The Bertz CT molecular complexity index is 423. The van der Waals surface area contributed by atoms with E-state index in [1.165, 1.54) is 6.92 Å². The molecule has 0 saturated heterocycles. The molecule has 0 saturated carbocycles. The topological polar surface area (TPSA) is 78.8 Å². The third-order valence-corrected chi connectivity index (χ3v) is 2.19. The molecule has 0 radical (unpaired) electrons. The number of aliphatic hydroxyl groups is 1. The number of amides is 1. The first-order valence-corrected chi connectivity index (χ1v) is 5.20. The molecular formula is C12H14N2O3. The minimum atomic E-state index is -0.657. The summed E-state index contributed by atoms with van der Waals surface area (Å²) in [6.07, 6.45) is 0.656. The lowest BCUT2D eigenvalue weighted by Crippen LogP contribution is -2.27. The molecule has 0 aliphatic heterocycles. The number of rotatable bonds is 5.